The fourth-order valence-electron chi connectivity index (χ4n) is 1.66. The van der Waals surface area contributed by atoms with E-state index in [4.69, 9.17) is 0 Å². The van der Waals surface area contributed by atoms with Crippen molar-refractivity contribution in [2.45, 2.75) is 19.8 Å². The van der Waals surface area contributed by atoms with Crippen LogP contribution in [0.1, 0.15) is 35.1 Å². The fourth-order valence-corrected chi connectivity index (χ4v) is 3.08. The summed E-state index contributed by atoms with van der Waals surface area (Å²) in [7, 11) is 0. The monoisotopic (exact) mass is 321 g/mol. The maximum atomic E-state index is 12.2. The highest BCUT2D eigenvalue weighted by Gasteiger charge is 2.16. The average Bonchev–Trinajstić information content (AvgIpc) is 3.07. The van der Waals surface area contributed by atoms with Gasteiger partial charge in [-0.25, -0.2) is 4.98 Å². The quantitative estimate of drug-likeness (QED) is 0.797. The van der Waals surface area contributed by atoms with Crippen LogP contribution in [0.5, 0.6) is 0 Å². The molecule has 9 heteroatoms. The first-order valence-electron chi connectivity index (χ1n) is 6.16. The molecule has 0 aliphatic rings. The summed E-state index contributed by atoms with van der Waals surface area (Å²) in [5, 5.41) is 13.4. The number of thiazole rings is 1. The van der Waals surface area contributed by atoms with E-state index in [1.54, 1.807) is 11.6 Å². The minimum absolute atomic E-state index is 0.0211. The summed E-state index contributed by atoms with van der Waals surface area (Å²) < 4.78 is 1.35. The lowest BCUT2D eigenvalue weighted by Crippen LogP contribution is -2.25. The van der Waals surface area contributed by atoms with Crippen LogP contribution in [0.25, 0.3) is 4.96 Å². The Balaban J connectivity index is 1.89. The molecule has 3 heterocycles. The van der Waals surface area contributed by atoms with Crippen LogP contribution in [-0.4, -0.2) is 25.5 Å². The Labute approximate surface area is 127 Å². The van der Waals surface area contributed by atoms with Crippen LogP contribution >= 0.6 is 22.7 Å². The van der Waals surface area contributed by atoms with Gasteiger partial charge >= 0.3 is 0 Å². The number of anilines is 1. The van der Waals surface area contributed by atoms with Gasteiger partial charge in [-0.1, -0.05) is 25.2 Å². The molecular weight excluding hydrogens is 310 g/mol. The van der Waals surface area contributed by atoms with Gasteiger partial charge in [-0.05, 0) is 0 Å². The second kappa shape index (κ2) is 5.34. The van der Waals surface area contributed by atoms with Crippen molar-refractivity contribution in [2.75, 3.05) is 5.32 Å². The molecule has 0 aliphatic carbocycles. The number of nitrogens with one attached hydrogen (secondary N) is 1. The summed E-state index contributed by atoms with van der Waals surface area (Å²) in [5.74, 6) is -0.290. The minimum atomic E-state index is -0.528. The van der Waals surface area contributed by atoms with E-state index in [9.17, 15) is 9.59 Å². The van der Waals surface area contributed by atoms with Gasteiger partial charge in [0.25, 0.3) is 11.5 Å². The molecule has 0 aromatic carbocycles. The van der Waals surface area contributed by atoms with Crippen molar-refractivity contribution in [3.05, 3.63) is 38.7 Å². The third-order valence-electron chi connectivity index (χ3n) is 2.74. The summed E-state index contributed by atoms with van der Waals surface area (Å²) in [6, 6.07) is 0. The molecule has 0 aliphatic heterocycles. The Bertz CT molecular complexity index is 864. The van der Waals surface area contributed by atoms with Crippen LogP contribution < -0.4 is 10.9 Å². The second-order valence-corrected chi connectivity index (χ2v) is 6.47. The normalized spacial score (nSPS) is 11.2. The third-order valence-corrected chi connectivity index (χ3v) is 4.65. The van der Waals surface area contributed by atoms with Crippen LogP contribution in [0, 0.1) is 0 Å². The molecule has 3 aromatic rings. The van der Waals surface area contributed by atoms with E-state index in [1.165, 1.54) is 33.3 Å². The van der Waals surface area contributed by atoms with Gasteiger partial charge in [0.2, 0.25) is 5.13 Å². The van der Waals surface area contributed by atoms with Gasteiger partial charge in [0, 0.05) is 23.7 Å². The lowest BCUT2D eigenvalue weighted by molar-refractivity contribution is 0.102. The van der Waals surface area contributed by atoms with Crippen molar-refractivity contribution in [1.29, 1.82) is 0 Å². The first-order chi connectivity index (χ1) is 10.1. The molecule has 0 fully saturated rings. The van der Waals surface area contributed by atoms with E-state index in [1.807, 2.05) is 13.8 Å². The van der Waals surface area contributed by atoms with Crippen molar-refractivity contribution >= 4 is 38.7 Å². The first-order valence-corrected chi connectivity index (χ1v) is 7.85. The highest BCUT2D eigenvalue weighted by Crippen LogP contribution is 2.22. The molecule has 3 aromatic heterocycles. The molecule has 3 rings (SSSR count). The van der Waals surface area contributed by atoms with Crippen molar-refractivity contribution in [1.82, 2.24) is 19.6 Å². The summed E-state index contributed by atoms with van der Waals surface area (Å²) in [6.45, 7) is 3.99. The number of amides is 1. The predicted molar refractivity (Wildman–Crippen MR) is 81.3 cm³/mol. The molecule has 0 unspecified atom stereocenters. The molecule has 0 saturated heterocycles. The van der Waals surface area contributed by atoms with E-state index in [2.05, 4.69) is 20.5 Å². The number of fused-ring (bicyclic) bond motifs is 1. The van der Waals surface area contributed by atoms with Crippen molar-refractivity contribution in [3.8, 4) is 0 Å². The molecular formula is C12H11N5O2S2. The Morgan fingerprint density at radius 3 is 2.90 bits per heavy atom. The van der Waals surface area contributed by atoms with Crippen molar-refractivity contribution < 1.29 is 4.79 Å². The highest BCUT2D eigenvalue weighted by molar-refractivity contribution is 7.15. The summed E-state index contributed by atoms with van der Waals surface area (Å²) in [6.07, 6.45) is 2.88. The number of carbonyl (C=O) groups excluding carboxylic acids is 1. The van der Waals surface area contributed by atoms with Gasteiger partial charge in [0.1, 0.15) is 10.6 Å². The number of aromatic nitrogens is 4. The molecule has 1 N–H and O–H groups in total. The summed E-state index contributed by atoms with van der Waals surface area (Å²) >= 11 is 2.63. The van der Waals surface area contributed by atoms with Crippen LogP contribution in [-0.2, 0) is 0 Å². The molecule has 0 radical (unpaired) electrons. The van der Waals surface area contributed by atoms with E-state index < -0.39 is 11.5 Å². The van der Waals surface area contributed by atoms with E-state index in [0.717, 1.165) is 5.01 Å². The summed E-state index contributed by atoms with van der Waals surface area (Å²) in [5.41, 5.74) is -0.417. The number of nitrogens with zero attached hydrogens (tertiary/aromatic N) is 4. The molecule has 108 valence electrons. The predicted octanol–water partition coefficient (Wildman–Crippen LogP) is 1.98. The van der Waals surface area contributed by atoms with Gasteiger partial charge in [0.05, 0.1) is 0 Å². The largest absolute Gasteiger partial charge is 0.296 e. The van der Waals surface area contributed by atoms with Gasteiger partial charge in [-0.2, -0.15) is 0 Å². The zero-order chi connectivity index (χ0) is 15.0. The molecule has 21 heavy (non-hydrogen) atoms. The lowest BCUT2D eigenvalue weighted by atomic mass is 10.2. The zero-order valence-electron chi connectivity index (χ0n) is 11.2. The molecule has 0 atom stereocenters. The number of hydrogen-bond acceptors (Lipinski definition) is 7. The van der Waals surface area contributed by atoms with E-state index >= 15 is 0 Å². The molecule has 0 saturated carbocycles. The third kappa shape index (κ3) is 2.57. The Kier molecular flexibility index (Phi) is 3.52. The Hall–Kier alpha value is -2.13. The van der Waals surface area contributed by atoms with Crippen molar-refractivity contribution in [2.24, 2.45) is 0 Å². The minimum Gasteiger partial charge on any atom is -0.296 e. The number of carbonyl (C=O) groups is 1. The van der Waals surface area contributed by atoms with Gasteiger partial charge < -0.3 is 0 Å². The Morgan fingerprint density at radius 2 is 2.19 bits per heavy atom. The maximum Gasteiger partial charge on any atom is 0.271 e. The van der Waals surface area contributed by atoms with Gasteiger partial charge in [-0.3, -0.25) is 19.3 Å². The maximum absolute atomic E-state index is 12.2. The topological polar surface area (TPSA) is 89.2 Å². The Morgan fingerprint density at radius 1 is 1.38 bits per heavy atom. The van der Waals surface area contributed by atoms with Crippen LogP contribution in [0.3, 0.4) is 0 Å². The molecule has 0 spiro atoms. The van der Waals surface area contributed by atoms with Crippen LogP contribution in [0.2, 0.25) is 0 Å². The zero-order valence-corrected chi connectivity index (χ0v) is 12.9. The average molecular weight is 321 g/mol. The van der Waals surface area contributed by atoms with E-state index in [0.29, 0.717) is 10.1 Å². The SMILES string of the molecule is CC(C)c1nnc(NC(=O)c2cnc3sccn3c2=O)s1. The van der Waals surface area contributed by atoms with Gasteiger partial charge in [-0.15, -0.1) is 21.5 Å². The first kappa shape index (κ1) is 13.8. The van der Waals surface area contributed by atoms with Gasteiger partial charge in [0.15, 0.2) is 4.96 Å². The number of hydrogen-bond donors (Lipinski definition) is 1. The molecule has 1 amide bonds. The number of rotatable bonds is 3. The smallest absolute Gasteiger partial charge is 0.271 e. The standard InChI is InChI=1S/C12H11N5O2S2/c1-6(2)9-15-16-11(21-9)14-8(18)7-5-13-12-17(10(7)19)3-4-20-12/h3-6H,1-2H3,(H,14,16,18). The van der Waals surface area contributed by atoms with E-state index in [-0.39, 0.29) is 11.5 Å². The van der Waals surface area contributed by atoms with Crippen LogP contribution in [0.4, 0.5) is 5.13 Å². The molecule has 0 bridgehead atoms. The highest BCUT2D eigenvalue weighted by atomic mass is 32.1. The van der Waals surface area contributed by atoms with Crippen LogP contribution in [0.15, 0.2) is 22.6 Å². The fraction of sp³-hybridized carbons (Fsp3) is 0.250. The van der Waals surface area contributed by atoms with Crippen molar-refractivity contribution in [3.63, 3.8) is 0 Å². The summed E-state index contributed by atoms with van der Waals surface area (Å²) in [4.78, 5) is 29.0. The second-order valence-electron chi connectivity index (χ2n) is 4.59. The molecule has 7 nitrogen and oxygen atoms in total. The lowest BCUT2D eigenvalue weighted by Gasteiger charge is -2.00.